The zero-order valence-corrected chi connectivity index (χ0v) is 14.0. The van der Waals surface area contributed by atoms with Gasteiger partial charge in [0.2, 0.25) is 5.91 Å². The number of ether oxygens (including phenoxy) is 1. The number of methoxy groups -OCH3 is 1. The Morgan fingerprint density at radius 3 is 2.52 bits per heavy atom. The van der Waals surface area contributed by atoms with Crippen molar-refractivity contribution < 1.29 is 9.53 Å². The molecule has 1 aromatic carbocycles. The quantitative estimate of drug-likeness (QED) is 0.813. The first-order chi connectivity index (χ1) is 11.3. The topological polar surface area (TPSA) is 50.4 Å². The van der Waals surface area contributed by atoms with E-state index in [0.29, 0.717) is 18.3 Å². The highest BCUT2D eigenvalue weighted by molar-refractivity contribution is 5.76. The van der Waals surface area contributed by atoms with E-state index in [4.69, 9.17) is 4.74 Å². The number of benzene rings is 1. The van der Waals surface area contributed by atoms with Crippen molar-refractivity contribution in [2.75, 3.05) is 20.2 Å². The van der Waals surface area contributed by atoms with Gasteiger partial charge < -0.3 is 15.4 Å². The summed E-state index contributed by atoms with van der Waals surface area (Å²) >= 11 is 0. The molecule has 0 aromatic heterocycles. The first-order valence-electron chi connectivity index (χ1n) is 8.90. The van der Waals surface area contributed by atoms with Crippen molar-refractivity contribution in [1.82, 2.24) is 10.6 Å². The minimum absolute atomic E-state index is 0.168. The maximum atomic E-state index is 12.4. The van der Waals surface area contributed by atoms with Crippen molar-refractivity contribution in [1.29, 1.82) is 0 Å². The summed E-state index contributed by atoms with van der Waals surface area (Å²) in [4.78, 5) is 12.4. The summed E-state index contributed by atoms with van der Waals surface area (Å²) in [6.07, 6.45) is 6.52. The maximum Gasteiger partial charge on any atom is 0.220 e. The lowest BCUT2D eigenvalue weighted by molar-refractivity contribution is -0.122. The standard InChI is InChI=1S/C19H28N2O2/c1-23-17-7-5-16(6-8-17)19(15-3-4-15)21-18(22)9-2-14-10-12-20-13-11-14/h5-8,14-15,19-20H,2-4,9-13H2,1H3,(H,21,22). The van der Waals surface area contributed by atoms with Crippen LogP contribution >= 0.6 is 0 Å². The van der Waals surface area contributed by atoms with Crippen molar-refractivity contribution in [3.05, 3.63) is 29.8 Å². The lowest BCUT2D eigenvalue weighted by Gasteiger charge is -2.23. The molecule has 1 unspecified atom stereocenters. The molecule has 0 radical (unpaired) electrons. The predicted molar refractivity (Wildman–Crippen MR) is 91.4 cm³/mol. The summed E-state index contributed by atoms with van der Waals surface area (Å²) in [7, 11) is 1.68. The van der Waals surface area contributed by atoms with Gasteiger partial charge in [-0.15, -0.1) is 0 Å². The van der Waals surface area contributed by atoms with Gasteiger partial charge in [-0.3, -0.25) is 4.79 Å². The third-order valence-electron chi connectivity index (χ3n) is 5.12. The van der Waals surface area contributed by atoms with Gasteiger partial charge in [0.15, 0.2) is 0 Å². The third kappa shape index (κ3) is 4.71. The molecule has 2 aliphatic rings. The van der Waals surface area contributed by atoms with Gasteiger partial charge in [-0.1, -0.05) is 12.1 Å². The van der Waals surface area contributed by atoms with Gasteiger partial charge in [-0.2, -0.15) is 0 Å². The Kier molecular flexibility index (Phi) is 5.55. The largest absolute Gasteiger partial charge is 0.497 e. The maximum absolute atomic E-state index is 12.4. The molecule has 2 fully saturated rings. The second kappa shape index (κ2) is 7.82. The number of nitrogens with one attached hydrogen (secondary N) is 2. The summed E-state index contributed by atoms with van der Waals surface area (Å²) < 4.78 is 5.22. The zero-order chi connectivity index (χ0) is 16.1. The van der Waals surface area contributed by atoms with Crippen LogP contribution in [0.1, 0.15) is 50.1 Å². The Hall–Kier alpha value is -1.55. The molecule has 126 valence electrons. The molecule has 0 spiro atoms. The van der Waals surface area contributed by atoms with Crippen molar-refractivity contribution >= 4 is 5.91 Å². The van der Waals surface area contributed by atoms with Crippen LogP contribution < -0.4 is 15.4 Å². The summed E-state index contributed by atoms with van der Waals surface area (Å²) in [5.74, 6) is 2.38. The molecule has 0 bridgehead atoms. The van der Waals surface area contributed by atoms with Gasteiger partial charge in [0.25, 0.3) is 0 Å². The molecule has 1 atom stereocenters. The normalized spacial score (nSPS) is 20.0. The van der Waals surface area contributed by atoms with E-state index in [1.165, 1.54) is 31.2 Å². The number of hydrogen-bond donors (Lipinski definition) is 2. The summed E-state index contributed by atoms with van der Waals surface area (Å²) in [6, 6.07) is 8.28. The van der Waals surface area contributed by atoms with Gasteiger partial charge >= 0.3 is 0 Å². The first-order valence-corrected chi connectivity index (χ1v) is 8.90. The molecule has 1 aliphatic carbocycles. The van der Waals surface area contributed by atoms with Crippen LogP contribution in [0.2, 0.25) is 0 Å². The van der Waals surface area contributed by atoms with Gasteiger partial charge in [0, 0.05) is 6.42 Å². The Morgan fingerprint density at radius 2 is 1.91 bits per heavy atom. The van der Waals surface area contributed by atoms with E-state index in [1.54, 1.807) is 7.11 Å². The average Bonchev–Trinajstić information content (AvgIpc) is 3.44. The van der Waals surface area contributed by atoms with Gasteiger partial charge in [0.05, 0.1) is 13.2 Å². The van der Waals surface area contributed by atoms with E-state index < -0.39 is 0 Å². The van der Waals surface area contributed by atoms with Crippen LogP contribution in [0.4, 0.5) is 0 Å². The number of carbonyl (C=O) groups is 1. The SMILES string of the molecule is COc1ccc(C(NC(=O)CCC2CCNCC2)C2CC2)cc1. The number of amides is 1. The van der Waals surface area contributed by atoms with Crippen LogP contribution in [0, 0.1) is 11.8 Å². The third-order valence-corrected chi connectivity index (χ3v) is 5.12. The Labute approximate surface area is 139 Å². The van der Waals surface area contributed by atoms with E-state index in [2.05, 4.69) is 22.8 Å². The van der Waals surface area contributed by atoms with Crippen molar-refractivity contribution in [2.24, 2.45) is 11.8 Å². The zero-order valence-electron chi connectivity index (χ0n) is 14.0. The summed E-state index contributed by atoms with van der Waals surface area (Å²) in [5.41, 5.74) is 1.20. The highest BCUT2D eigenvalue weighted by Crippen LogP contribution is 2.41. The molecule has 23 heavy (non-hydrogen) atoms. The molecule has 1 heterocycles. The van der Waals surface area contributed by atoms with Crippen molar-refractivity contribution in [3.8, 4) is 5.75 Å². The first kappa shape index (κ1) is 16.3. The minimum Gasteiger partial charge on any atom is -0.497 e. The Bertz CT molecular complexity index is 505. The summed E-state index contributed by atoms with van der Waals surface area (Å²) in [5, 5.41) is 6.65. The monoisotopic (exact) mass is 316 g/mol. The molecule has 1 amide bonds. The molecule has 1 saturated carbocycles. The van der Waals surface area contributed by atoms with E-state index in [9.17, 15) is 4.79 Å². The number of piperidine rings is 1. The van der Waals surface area contributed by atoms with Crippen LogP contribution in [0.5, 0.6) is 5.75 Å². The fraction of sp³-hybridized carbons (Fsp3) is 0.632. The molecular weight excluding hydrogens is 288 g/mol. The van der Waals surface area contributed by atoms with E-state index >= 15 is 0 Å². The number of carbonyl (C=O) groups excluding carboxylic acids is 1. The molecule has 4 heteroatoms. The van der Waals surface area contributed by atoms with Crippen molar-refractivity contribution in [2.45, 2.75) is 44.6 Å². The molecule has 4 nitrogen and oxygen atoms in total. The average molecular weight is 316 g/mol. The lowest BCUT2D eigenvalue weighted by atomic mass is 9.93. The second-order valence-corrected chi connectivity index (χ2v) is 6.89. The van der Waals surface area contributed by atoms with E-state index in [1.807, 2.05) is 12.1 Å². The van der Waals surface area contributed by atoms with E-state index in [-0.39, 0.29) is 11.9 Å². The van der Waals surface area contributed by atoms with Gasteiger partial charge in [0.1, 0.15) is 5.75 Å². The van der Waals surface area contributed by atoms with Crippen molar-refractivity contribution in [3.63, 3.8) is 0 Å². The highest BCUT2D eigenvalue weighted by Gasteiger charge is 2.33. The van der Waals surface area contributed by atoms with Crippen LogP contribution in [-0.4, -0.2) is 26.1 Å². The smallest absolute Gasteiger partial charge is 0.220 e. The van der Waals surface area contributed by atoms with Crippen LogP contribution in [0.3, 0.4) is 0 Å². The molecule has 1 aliphatic heterocycles. The fourth-order valence-electron chi connectivity index (χ4n) is 3.47. The van der Waals surface area contributed by atoms with Gasteiger partial charge in [-0.05, 0) is 74.7 Å². The summed E-state index contributed by atoms with van der Waals surface area (Å²) in [6.45, 7) is 2.20. The number of hydrogen-bond acceptors (Lipinski definition) is 3. The molecule has 1 saturated heterocycles. The number of rotatable bonds is 7. The second-order valence-electron chi connectivity index (χ2n) is 6.89. The highest BCUT2D eigenvalue weighted by atomic mass is 16.5. The predicted octanol–water partition coefficient (Wildman–Crippen LogP) is 3.04. The molecule has 3 rings (SSSR count). The Morgan fingerprint density at radius 1 is 1.22 bits per heavy atom. The van der Waals surface area contributed by atoms with E-state index in [0.717, 1.165) is 25.3 Å². The molecule has 1 aromatic rings. The van der Waals surface area contributed by atoms with Crippen LogP contribution in [0.15, 0.2) is 24.3 Å². The van der Waals surface area contributed by atoms with Crippen LogP contribution in [-0.2, 0) is 4.79 Å². The molecular formula is C19H28N2O2. The fourth-order valence-corrected chi connectivity index (χ4v) is 3.47. The van der Waals surface area contributed by atoms with Crippen LogP contribution in [0.25, 0.3) is 0 Å². The Balaban J connectivity index is 1.52. The molecule has 2 N–H and O–H groups in total. The minimum atomic E-state index is 0.168. The lowest BCUT2D eigenvalue weighted by Crippen LogP contribution is -2.31. The van der Waals surface area contributed by atoms with Gasteiger partial charge in [-0.25, -0.2) is 0 Å².